The van der Waals surface area contributed by atoms with Gasteiger partial charge in [-0.2, -0.15) is 15.9 Å². The lowest BCUT2D eigenvalue weighted by molar-refractivity contribution is 0.207. The maximum atomic E-state index is 13.7. The molecule has 0 spiro atoms. The Morgan fingerprint density at radius 1 is 1.25 bits per heavy atom. The number of hydrogen-bond acceptors (Lipinski definition) is 5. The highest BCUT2D eigenvalue weighted by Crippen LogP contribution is 2.52. The van der Waals surface area contributed by atoms with Gasteiger partial charge in [-0.1, -0.05) is 6.07 Å². The van der Waals surface area contributed by atoms with Crippen LogP contribution in [0.2, 0.25) is 0 Å². The number of amides is 2. The third-order valence-corrected chi connectivity index (χ3v) is 6.97. The molecule has 0 radical (unpaired) electrons. The highest BCUT2D eigenvalue weighted by atomic mass is 32.3. The first-order valence-corrected chi connectivity index (χ1v) is 11.3. The van der Waals surface area contributed by atoms with Crippen molar-refractivity contribution in [2.24, 2.45) is 0 Å². The summed E-state index contributed by atoms with van der Waals surface area (Å²) in [7, 11) is -1.73. The van der Waals surface area contributed by atoms with Crippen LogP contribution >= 0.6 is 10.6 Å². The molecule has 4 N–H and O–H groups in total. The molecule has 1 aliphatic heterocycles. The Morgan fingerprint density at radius 2 is 2.00 bits per heavy atom. The van der Waals surface area contributed by atoms with Crippen molar-refractivity contribution in [3.8, 4) is 6.07 Å². The van der Waals surface area contributed by atoms with Crippen LogP contribution in [-0.2, 0) is 5.75 Å². The molecule has 1 aliphatic rings. The molecule has 0 saturated heterocycles. The summed E-state index contributed by atoms with van der Waals surface area (Å²) in [6, 6.07) is 7.39. The molecule has 8 nitrogen and oxygen atoms in total. The van der Waals surface area contributed by atoms with Gasteiger partial charge in [-0.3, -0.25) is 13.9 Å². The molecule has 1 atom stereocenters. The molecule has 2 aromatic carbocycles. The average Bonchev–Trinajstić information content (AvgIpc) is 2.73. The molecular weight excluding hydrogens is 442 g/mol. The Bertz CT molecular complexity index is 1350. The van der Waals surface area contributed by atoms with Gasteiger partial charge in [0.05, 0.1) is 28.5 Å². The fourth-order valence-electron chi connectivity index (χ4n) is 3.84. The molecule has 11 heteroatoms. The first-order valence-electron chi connectivity index (χ1n) is 9.41. The Balaban J connectivity index is 1.76. The molecule has 166 valence electrons. The van der Waals surface area contributed by atoms with Crippen LogP contribution in [0.3, 0.4) is 0 Å². The smallest absolute Gasteiger partial charge is 0.322 e. The monoisotopic (exact) mass is 460 g/mol. The number of benzene rings is 2. The number of H-pyrrole nitrogens is 1. The van der Waals surface area contributed by atoms with Crippen molar-refractivity contribution >= 4 is 33.1 Å². The number of aromatic nitrogens is 1. The summed E-state index contributed by atoms with van der Waals surface area (Å²) in [5.74, 6) is -1.71. The zero-order valence-corrected chi connectivity index (χ0v) is 17.5. The molecule has 32 heavy (non-hydrogen) atoms. The third-order valence-electron chi connectivity index (χ3n) is 5.37. The van der Waals surface area contributed by atoms with E-state index in [0.29, 0.717) is 10.9 Å². The van der Waals surface area contributed by atoms with E-state index in [4.69, 9.17) is 5.26 Å². The number of hydrogen-bond donors (Lipinski definition) is 4. The molecular formula is C21H18F2N4O4S. The van der Waals surface area contributed by atoms with Crippen LogP contribution in [0.25, 0.3) is 10.8 Å². The van der Waals surface area contributed by atoms with Crippen LogP contribution < -0.4 is 10.9 Å². The van der Waals surface area contributed by atoms with Crippen molar-refractivity contribution < 1.29 is 22.7 Å². The molecule has 0 saturated carbocycles. The Morgan fingerprint density at radius 3 is 2.72 bits per heavy atom. The number of carbonyl (C=O) groups is 1. The van der Waals surface area contributed by atoms with E-state index in [2.05, 4.69) is 10.3 Å². The fraction of sp³-hybridized carbons (Fsp3) is 0.190. The first-order chi connectivity index (χ1) is 15.1. The minimum absolute atomic E-state index is 0.0816. The van der Waals surface area contributed by atoms with E-state index in [-0.39, 0.29) is 33.8 Å². The van der Waals surface area contributed by atoms with Crippen molar-refractivity contribution in [3.63, 3.8) is 0 Å². The maximum Gasteiger partial charge on any atom is 0.322 e. The van der Waals surface area contributed by atoms with Crippen molar-refractivity contribution in [1.29, 1.82) is 5.26 Å². The number of nitrogens with one attached hydrogen (secondary N) is 2. The first kappa shape index (κ1) is 21.8. The van der Waals surface area contributed by atoms with Gasteiger partial charge < -0.3 is 15.2 Å². The summed E-state index contributed by atoms with van der Waals surface area (Å²) in [6.07, 6.45) is 0. The van der Waals surface area contributed by atoms with Crippen LogP contribution in [0.15, 0.2) is 41.2 Å². The summed E-state index contributed by atoms with van der Waals surface area (Å²) in [4.78, 5) is 29.2. The van der Waals surface area contributed by atoms with Crippen LogP contribution in [-0.4, -0.2) is 37.8 Å². The lowest BCUT2D eigenvalue weighted by atomic mass is 9.97. The van der Waals surface area contributed by atoms with Gasteiger partial charge in [-0.15, -0.1) is 0 Å². The van der Waals surface area contributed by atoms with Gasteiger partial charge in [0.1, 0.15) is 17.7 Å². The minimum atomic E-state index is -3.17. The van der Waals surface area contributed by atoms with Crippen LogP contribution in [0, 0.1) is 23.0 Å². The van der Waals surface area contributed by atoms with Crippen molar-refractivity contribution in [1.82, 2.24) is 9.88 Å². The number of nitriles is 1. The summed E-state index contributed by atoms with van der Waals surface area (Å²) in [5.41, 5.74) is 0.111. The van der Waals surface area contributed by atoms with Gasteiger partial charge in [0.15, 0.2) is 0 Å². The lowest BCUT2D eigenvalue weighted by Crippen LogP contribution is -2.40. The van der Waals surface area contributed by atoms with Crippen molar-refractivity contribution in [2.45, 2.75) is 11.8 Å². The van der Waals surface area contributed by atoms with Gasteiger partial charge in [0.2, 0.25) is 0 Å². The number of urea groups is 1. The molecule has 4 rings (SSSR count). The van der Waals surface area contributed by atoms with E-state index >= 15 is 0 Å². The van der Waals surface area contributed by atoms with E-state index in [0.717, 1.165) is 12.1 Å². The zero-order chi connectivity index (χ0) is 23.2. The average molecular weight is 460 g/mol. The second kappa shape index (κ2) is 7.90. The zero-order valence-electron chi connectivity index (χ0n) is 16.7. The third kappa shape index (κ3) is 3.91. The SMILES string of the molecule is CN(C(=O)Nc1ccc(F)c(C#N)c1)C1CS(O)(O)Cc2[nH]c(=O)c3cc(F)ccc3c21. The van der Waals surface area contributed by atoms with Crippen LogP contribution in [0.5, 0.6) is 0 Å². The summed E-state index contributed by atoms with van der Waals surface area (Å²) in [6.45, 7) is 0. The quantitative estimate of drug-likeness (QED) is 0.457. The number of halogens is 2. The topological polar surface area (TPSA) is 129 Å². The second-order valence-corrected chi connectivity index (χ2v) is 9.74. The number of nitrogens with zero attached hydrogens (tertiary/aromatic N) is 2. The predicted molar refractivity (Wildman–Crippen MR) is 117 cm³/mol. The van der Waals surface area contributed by atoms with Crippen LogP contribution in [0.1, 0.15) is 22.9 Å². The van der Waals surface area contributed by atoms with E-state index in [1.807, 2.05) is 0 Å². The van der Waals surface area contributed by atoms with Gasteiger partial charge in [-0.25, -0.2) is 13.6 Å². The fourth-order valence-corrected chi connectivity index (χ4v) is 5.55. The van der Waals surface area contributed by atoms with E-state index < -0.39 is 39.9 Å². The molecule has 1 aromatic heterocycles. The van der Waals surface area contributed by atoms with Crippen LogP contribution in [0.4, 0.5) is 19.3 Å². The summed E-state index contributed by atoms with van der Waals surface area (Å²) < 4.78 is 48.2. The Hall–Kier alpha value is -3.46. The molecule has 3 aromatic rings. The number of fused-ring (bicyclic) bond motifs is 3. The number of anilines is 1. The highest BCUT2D eigenvalue weighted by molar-refractivity contribution is 8.23. The molecule has 2 amide bonds. The maximum absolute atomic E-state index is 13.7. The van der Waals surface area contributed by atoms with E-state index in [1.54, 1.807) is 6.07 Å². The van der Waals surface area contributed by atoms with Gasteiger partial charge >= 0.3 is 6.03 Å². The molecule has 0 aliphatic carbocycles. The van der Waals surface area contributed by atoms with E-state index in [1.165, 1.54) is 36.2 Å². The van der Waals surface area contributed by atoms with Crippen molar-refractivity contribution in [3.05, 3.63) is 75.2 Å². The number of carbonyl (C=O) groups excluding carboxylic acids is 1. The summed E-state index contributed by atoms with van der Waals surface area (Å²) in [5, 5.41) is 12.0. The van der Waals surface area contributed by atoms with Gasteiger partial charge in [0, 0.05) is 24.0 Å². The van der Waals surface area contributed by atoms with Gasteiger partial charge in [0.25, 0.3) is 5.56 Å². The Kier molecular flexibility index (Phi) is 5.37. The second-order valence-electron chi connectivity index (χ2n) is 7.51. The van der Waals surface area contributed by atoms with Gasteiger partial charge in [-0.05, 0) is 35.7 Å². The molecule has 2 heterocycles. The number of pyridine rings is 1. The highest BCUT2D eigenvalue weighted by Gasteiger charge is 2.36. The minimum Gasteiger partial charge on any atom is -0.324 e. The number of aromatic amines is 1. The largest absolute Gasteiger partial charge is 0.324 e. The number of rotatable bonds is 2. The molecule has 0 bridgehead atoms. The molecule has 1 unspecified atom stereocenters. The lowest BCUT2D eigenvalue weighted by Gasteiger charge is -2.44. The molecule has 0 fully saturated rings. The standard InChI is InChI=1S/C21H18F2N4O4S/c1-27(21(29)25-13-3-5-16(23)11(6-13)8-24)18-10-32(30,31)9-17-19(18)14-4-2-12(22)7-15(14)20(28)26-17/h2-7,18,30-31H,9-10H2,1H3,(H,25,29)(H,26,28). The normalized spacial score (nSPS) is 17.8. The predicted octanol–water partition coefficient (Wildman–Crippen LogP) is 4.15. The van der Waals surface area contributed by atoms with Crippen molar-refractivity contribution in [2.75, 3.05) is 18.1 Å². The van der Waals surface area contributed by atoms with E-state index in [9.17, 15) is 27.5 Å². The Labute approximate surface area is 182 Å². The summed E-state index contributed by atoms with van der Waals surface area (Å²) >= 11 is 0.